The highest BCUT2D eigenvalue weighted by Crippen LogP contribution is 2.37. The van der Waals surface area contributed by atoms with Gasteiger partial charge in [-0.2, -0.15) is 0 Å². The lowest BCUT2D eigenvalue weighted by Gasteiger charge is -2.17. The number of fused-ring (bicyclic) bond motifs is 1. The van der Waals surface area contributed by atoms with Crippen LogP contribution < -0.4 is 4.74 Å². The largest absolute Gasteiger partial charge is 0.493 e. The standard InChI is InChI=1S/C17H23NO3/c19-17(20)15-7-1-2-8-16(15)21-10-4-9-18-11-13-5-3-6-14(13)12-18/h1-2,7-8,13-14H,3-6,9-12H2,(H,19,20). The second-order valence-corrected chi connectivity index (χ2v) is 6.21. The van der Waals surface area contributed by atoms with Crippen LogP contribution in [0, 0.1) is 11.8 Å². The molecular formula is C17H23NO3. The van der Waals surface area contributed by atoms with E-state index in [0.29, 0.717) is 12.4 Å². The molecule has 114 valence electrons. The number of hydrogen-bond acceptors (Lipinski definition) is 3. The zero-order valence-electron chi connectivity index (χ0n) is 12.3. The predicted octanol–water partition coefficient (Wildman–Crippen LogP) is 2.89. The summed E-state index contributed by atoms with van der Waals surface area (Å²) in [4.78, 5) is 13.6. The van der Waals surface area contributed by atoms with Crippen molar-refractivity contribution in [3.63, 3.8) is 0 Å². The maximum absolute atomic E-state index is 11.1. The van der Waals surface area contributed by atoms with Crippen LogP contribution in [0.1, 0.15) is 36.0 Å². The third-order valence-corrected chi connectivity index (χ3v) is 4.80. The van der Waals surface area contributed by atoms with Crippen LogP contribution in [0.3, 0.4) is 0 Å². The molecule has 1 saturated heterocycles. The highest BCUT2D eigenvalue weighted by molar-refractivity contribution is 5.90. The summed E-state index contributed by atoms with van der Waals surface area (Å²) in [5.41, 5.74) is 0.244. The monoisotopic (exact) mass is 289 g/mol. The molecule has 2 unspecified atom stereocenters. The van der Waals surface area contributed by atoms with Crippen molar-refractivity contribution in [1.82, 2.24) is 4.90 Å². The van der Waals surface area contributed by atoms with Gasteiger partial charge in [0.1, 0.15) is 11.3 Å². The normalized spacial score (nSPS) is 25.0. The molecule has 1 aromatic rings. The molecule has 1 N–H and O–H groups in total. The number of ether oxygens (including phenoxy) is 1. The molecule has 1 aromatic carbocycles. The SMILES string of the molecule is O=C(O)c1ccccc1OCCCN1CC2CCCC2C1. The first kappa shape index (κ1) is 14.4. The Bertz CT molecular complexity index is 491. The molecule has 1 aliphatic carbocycles. The van der Waals surface area contributed by atoms with E-state index in [9.17, 15) is 4.79 Å². The van der Waals surface area contributed by atoms with Gasteiger partial charge in [-0.25, -0.2) is 4.79 Å². The van der Waals surface area contributed by atoms with Crippen molar-refractivity contribution in [3.05, 3.63) is 29.8 Å². The fraction of sp³-hybridized carbons (Fsp3) is 0.588. The van der Waals surface area contributed by atoms with Gasteiger partial charge in [0.2, 0.25) is 0 Å². The van der Waals surface area contributed by atoms with Gasteiger partial charge in [-0.15, -0.1) is 0 Å². The molecule has 3 rings (SSSR count). The summed E-state index contributed by atoms with van der Waals surface area (Å²) in [5.74, 6) is 1.40. The van der Waals surface area contributed by atoms with Crippen LogP contribution in [-0.2, 0) is 0 Å². The van der Waals surface area contributed by atoms with Gasteiger partial charge in [0.25, 0.3) is 0 Å². The molecule has 0 spiro atoms. The highest BCUT2D eigenvalue weighted by Gasteiger charge is 2.35. The lowest BCUT2D eigenvalue weighted by molar-refractivity contribution is 0.0692. The minimum Gasteiger partial charge on any atom is -0.493 e. The van der Waals surface area contributed by atoms with Gasteiger partial charge in [-0.3, -0.25) is 0 Å². The van der Waals surface area contributed by atoms with Gasteiger partial charge in [-0.05, 0) is 43.2 Å². The quantitative estimate of drug-likeness (QED) is 0.818. The Kier molecular flexibility index (Phi) is 4.44. The zero-order valence-corrected chi connectivity index (χ0v) is 12.3. The molecule has 2 aliphatic rings. The molecule has 4 heteroatoms. The Morgan fingerprint density at radius 1 is 1.24 bits per heavy atom. The minimum absolute atomic E-state index is 0.244. The number of likely N-dealkylation sites (tertiary alicyclic amines) is 1. The first-order chi connectivity index (χ1) is 10.2. The van der Waals surface area contributed by atoms with Crippen LogP contribution in [0.2, 0.25) is 0 Å². The number of nitrogens with zero attached hydrogens (tertiary/aromatic N) is 1. The number of carbonyl (C=O) groups is 1. The van der Waals surface area contributed by atoms with E-state index in [4.69, 9.17) is 9.84 Å². The maximum atomic E-state index is 11.1. The lowest BCUT2D eigenvalue weighted by Crippen LogP contribution is -2.24. The summed E-state index contributed by atoms with van der Waals surface area (Å²) in [7, 11) is 0. The van der Waals surface area contributed by atoms with Gasteiger partial charge in [0, 0.05) is 19.6 Å². The third kappa shape index (κ3) is 3.38. The van der Waals surface area contributed by atoms with Crippen molar-refractivity contribution in [2.45, 2.75) is 25.7 Å². The maximum Gasteiger partial charge on any atom is 0.339 e. The van der Waals surface area contributed by atoms with Crippen molar-refractivity contribution in [3.8, 4) is 5.75 Å². The zero-order chi connectivity index (χ0) is 14.7. The van der Waals surface area contributed by atoms with E-state index >= 15 is 0 Å². The predicted molar refractivity (Wildman–Crippen MR) is 80.8 cm³/mol. The number of carboxylic acids is 1. The lowest BCUT2D eigenvalue weighted by atomic mass is 10.0. The molecule has 0 bridgehead atoms. The summed E-state index contributed by atoms with van der Waals surface area (Å²) in [5, 5.41) is 9.10. The van der Waals surface area contributed by atoms with E-state index in [1.807, 2.05) is 6.07 Å². The van der Waals surface area contributed by atoms with E-state index in [1.165, 1.54) is 32.4 Å². The van der Waals surface area contributed by atoms with E-state index < -0.39 is 5.97 Å². The Balaban J connectivity index is 1.42. The fourth-order valence-electron chi connectivity index (χ4n) is 3.75. The minimum atomic E-state index is -0.932. The first-order valence-corrected chi connectivity index (χ1v) is 7.91. The van der Waals surface area contributed by atoms with E-state index in [-0.39, 0.29) is 5.56 Å². The van der Waals surface area contributed by atoms with Crippen molar-refractivity contribution < 1.29 is 14.6 Å². The number of benzene rings is 1. The van der Waals surface area contributed by atoms with E-state index in [2.05, 4.69) is 4.90 Å². The molecule has 4 nitrogen and oxygen atoms in total. The van der Waals surface area contributed by atoms with Crippen LogP contribution in [0.5, 0.6) is 5.75 Å². The number of rotatable bonds is 6. The molecule has 2 fully saturated rings. The fourth-order valence-corrected chi connectivity index (χ4v) is 3.75. The van der Waals surface area contributed by atoms with Crippen LogP contribution in [0.15, 0.2) is 24.3 Å². The molecule has 0 aromatic heterocycles. The summed E-state index contributed by atoms with van der Waals surface area (Å²) < 4.78 is 5.64. The average Bonchev–Trinajstić information content (AvgIpc) is 3.05. The number of aromatic carboxylic acids is 1. The van der Waals surface area contributed by atoms with Crippen LogP contribution >= 0.6 is 0 Å². The molecule has 0 radical (unpaired) electrons. The molecule has 1 heterocycles. The van der Waals surface area contributed by atoms with Gasteiger partial charge >= 0.3 is 5.97 Å². The van der Waals surface area contributed by atoms with Crippen LogP contribution in [-0.4, -0.2) is 42.2 Å². The molecule has 2 atom stereocenters. The van der Waals surface area contributed by atoms with Gasteiger partial charge in [0.15, 0.2) is 0 Å². The Hall–Kier alpha value is -1.55. The van der Waals surface area contributed by atoms with E-state index in [0.717, 1.165) is 24.8 Å². The van der Waals surface area contributed by atoms with Crippen molar-refractivity contribution in [2.75, 3.05) is 26.2 Å². The summed E-state index contributed by atoms with van der Waals surface area (Å²) >= 11 is 0. The summed E-state index contributed by atoms with van der Waals surface area (Å²) in [6.07, 6.45) is 5.18. The number of carboxylic acid groups (broad SMARTS) is 1. The van der Waals surface area contributed by atoms with E-state index in [1.54, 1.807) is 18.2 Å². The molecular weight excluding hydrogens is 266 g/mol. The van der Waals surface area contributed by atoms with Crippen molar-refractivity contribution in [1.29, 1.82) is 0 Å². The Morgan fingerprint density at radius 2 is 1.95 bits per heavy atom. The van der Waals surface area contributed by atoms with Crippen LogP contribution in [0.4, 0.5) is 0 Å². The van der Waals surface area contributed by atoms with Crippen molar-refractivity contribution in [2.24, 2.45) is 11.8 Å². The van der Waals surface area contributed by atoms with Gasteiger partial charge in [0.05, 0.1) is 6.61 Å². The van der Waals surface area contributed by atoms with Crippen LogP contribution in [0.25, 0.3) is 0 Å². The number of para-hydroxylation sites is 1. The smallest absolute Gasteiger partial charge is 0.339 e. The third-order valence-electron chi connectivity index (χ3n) is 4.80. The van der Waals surface area contributed by atoms with Crippen molar-refractivity contribution >= 4 is 5.97 Å². The highest BCUT2D eigenvalue weighted by atomic mass is 16.5. The molecule has 1 aliphatic heterocycles. The molecule has 1 saturated carbocycles. The summed E-state index contributed by atoms with van der Waals surface area (Å²) in [6.45, 7) is 4.13. The molecule has 0 amide bonds. The molecule has 21 heavy (non-hydrogen) atoms. The summed E-state index contributed by atoms with van der Waals surface area (Å²) in [6, 6.07) is 6.84. The Labute approximate surface area is 125 Å². The Morgan fingerprint density at radius 3 is 2.67 bits per heavy atom. The second-order valence-electron chi connectivity index (χ2n) is 6.21. The topological polar surface area (TPSA) is 49.8 Å². The number of hydrogen-bond donors (Lipinski definition) is 1. The first-order valence-electron chi connectivity index (χ1n) is 7.91. The van der Waals surface area contributed by atoms with Gasteiger partial charge < -0.3 is 14.7 Å². The average molecular weight is 289 g/mol. The van der Waals surface area contributed by atoms with Gasteiger partial charge in [-0.1, -0.05) is 18.6 Å². The second kappa shape index (κ2) is 6.48.